The molecule has 1 unspecified atom stereocenters. The standard InChI is InChI=1S/C22H30N4O2/c1-2-21(27)26-15-12-19(17-26)25-22(24-14-11-20-9-6-16-28-20)23-13-10-18-7-4-3-5-8-18/h3-9,16,19H,2,10-15,17H2,1H3,(H2,23,24,25). The minimum atomic E-state index is 0.220. The molecule has 2 N–H and O–H groups in total. The van der Waals surface area contributed by atoms with E-state index in [1.165, 1.54) is 5.56 Å². The number of hydrogen-bond acceptors (Lipinski definition) is 3. The molecule has 2 aromatic rings. The maximum atomic E-state index is 11.9. The lowest BCUT2D eigenvalue weighted by atomic mass is 10.1. The second-order valence-corrected chi connectivity index (χ2v) is 7.05. The van der Waals surface area contributed by atoms with Crippen LogP contribution in [0.1, 0.15) is 31.1 Å². The zero-order chi connectivity index (χ0) is 19.6. The monoisotopic (exact) mass is 382 g/mol. The van der Waals surface area contributed by atoms with E-state index in [4.69, 9.17) is 9.41 Å². The highest BCUT2D eigenvalue weighted by Crippen LogP contribution is 2.10. The Bertz CT molecular complexity index is 743. The second-order valence-electron chi connectivity index (χ2n) is 7.05. The molecule has 1 saturated heterocycles. The van der Waals surface area contributed by atoms with Crippen molar-refractivity contribution >= 4 is 11.9 Å². The van der Waals surface area contributed by atoms with E-state index in [0.717, 1.165) is 50.6 Å². The van der Waals surface area contributed by atoms with Gasteiger partial charge in [0, 0.05) is 45.1 Å². The van der Waals surface area contributed by atoms with Gasteiger partial charge in [0.25, 0.3) is 0 Å². The molecule has 1 atom stereocenters. The van der Waals surface area contributed by atoms with Crippen LogP contribution in [0.3, 0.4) is 0 Å². The number of amides is 1. The molecule has 0 aliphatic carbocycles. The third kappa shape index (κ3) is 6.15. The molecule has 3 rings (SSSR count). The molecule has 0 saturated carbocycles. The van der Waals surface area contributed by atoms with Gasteiger partial charge in [-0.3, -0.25) is 9.79 Å². The molecule has 1 aromatic carbocycles. The van der Waals surface area contributed by atoms with Gasteiger partial charge in [-0.2, -0.15) is 0 Å². The van der Waals surface area contributed by atoms with Gasteiger partial charge >= 0.3 is 0 Å². The molecule has 150 valence electrons. The van der Waals surface area contributed by atoms with Gasteiger partial charge < -0.3 is 20.0 Å². The lowest BCUT2D eigenvalue weighted by molar-refractivity contribution is -0.129. The largest absolute Gasteiger partial charge is 0.469 e. The summed E-state index contributed by atoms with van der Waals surface area (Å²) in [7, 11) is 0. The Morgan fingerprint density at radius 1 is 1.21 bits per heavy atom. The van der Waals surface area contributed by atoms with Gasteiger partial charge in [0.05, 0.1) is 6.26 Å². The highest BCUT2D eigenvalue weighted by Gasteiger charge is 2.25. The Balaban J connectivity index is 1.53. The first-order valence-corrected chi connectivity index (χ1v) is 10.1. The Hall–Kier alpha value is -2.76. The van der Waals surface area contributed by atoms with Crippen molar-refractivity contribution in [2.45, 2.75) is 38.6 Å². The highest BCUT2D eigenvalue weighted by atomic mass is 16.3. The molecule has 1 aliphatic heterocycles. The fourth-order valence-electron chi connectivity index (χ4n) is 3.38. The van der Waals surface area contributed by atoms with Crippen LogP contribution in [-0.2, 0) is 17.6 Å². The maximum absolute atomic E-state index is 11.9. The molecular formula is C22H30N4O2. The molecule has 6 heteroatoms. The third-order valence-electron chi connectivity index (χ3n) is 4.94. The number of furan rings is 1. The zero-order valence-electron chi connectivity index (χ0n) is 16.6. The van der Waals surface area contributed by atoms with E-state index >= 15 is 0 Å². The summed E-state index contributed by atoms with van der Waals surface area (Å²) in [6.45, 7) is 4.92. The van der Waals surface area contributed by atoms with Crippen molar-refractivity contribution in [2.75, 3.05) is 26.2 Å². The van der Waals surface area contributed by atoms with E-state index < -0.39 is 0 Å². The predicted molar refractivity (Wildman–Crippen MR) is 111 cm³/mol. The maximum Gasteiger partial charge on any atom is 0.222 e. The number of rotatable bonds is 8. The van der Waals surface area contributed by atoms with Crippen LogP contribution < -0.4 is 10.6 Å². The van der Waals surface area contributed by atoms with Crippen LogP contribution in [0.15, 0.2) is 58.1 Å². The summed E-state index contributed by atoms with van der Waals surface area (Å²) in [5.41, 5.74) is 1.30. The van der Waals surface area contributed by atoms with E-state index in [-0.39, 0.29) is 11.9 Å². The number of carbonyl (C=O) groups is 1. The summed E-state index contributed by atoms with van der Waals surface area (Å²) in [6.07, 6.45) is 4.90. The first-order chi connectivity index (χ1) is 13.7. The number of benzene rings is 1. The van der Waals surface area contributed by atoms with E-state index in [1.54, 1.807) is 6.26 Å². The van der Waals surface area contributed by atoms with Crippen LogP contribution in [0, 0.1) is 0 Å². The number of hydrogen-bond donors (Lipinski definition) is 2. The van der Waals surface area contributed by atoms with Crippen LogP contribution in [0.5, 0.6) is 0 Å². The van der Waals surface area contributed by atoms with Crippen molar-refractivity contribution < 1.29 is 9.21 Å². The smallest absolute Gasteiger partial charge is 0.222 e. The minimum Gasteiger partial charge on any atom is -0.469 e. The molecule has 2 heterocycles. The predicted octanol–water partition coefficient (Wildman–Crippen LogP) is 2.61. The van der Waals surface area contributed by atoms with Gasteiger partial charge in [-0.15, -0.1) is 0 Å². The number of carbonyl (C=O) groups excluding carboxylic acids is 1. The normalized spacial score (nSPS) is 17.0. The van der Waals surface area contributed by atoms with Gasteiger partial charge in [0.15, 0.2) is 5.96 Å². The van der Waals surface area contributed by atoms with Crippen LogP contribution in [-0.4, -0.2) is 49.0 Å². The van der Waals surface area contributed by atoms with E-state index in [9.17, 15) is 4.79 Å². The number of aliphatic imine (C=N–C) groups is 1. The van der Waals surface area contributed by atoms with Crippen LogP contribution in [0.25, 0.3) is 0 Å². The summed E-state index contributed by atoms with van der Waals surface area (Å²) in [5.74, 6) is 1.96. The van der Waals surface area contributed by atoms with E-state index in [1.807, 2.05) is 30.0 Å². The van der Waals surface area contributed by atoms with Crippen molar-refractivity contribution in [2.24, 2.45) is 4.99 Å². The summed E-state index contributed by atoms with van der Waals surface area (Å²) in [6, 6.07) is 14.5. The Morgan fingerprint density at radius 2 is 2.07 bits per heavy atom. The highest BCUT2D eigenvalue weighted by molar-refractivity contribution is 5.80. The van der Waals surface area contributed by atoms with Gasteiger partial charge in [-0.25, -0.2) is 0 Å². The minimum absolute atomic E-state index is 0.220. The van der Waals surface area contributed by atoms with Crippen molar-refractivity contribution in [3.05, 3.63) is 60.1 Å². The molecule has 1 aromatic heterocycles. The van der Waals surface area contributed by atoms with Crippen LogP contribution in [0.4, 0.5) is 0 Å². The molecule has 0 bridgehead atoms. The first-order valence-electron chi connectivity index (χ1n) is 10.1. The third-order valence-corrected chi connectivity index (χ3v) is 4.94. The molecule has 1 aliphatic rings. The molecule has 0 radical (unpaired) electrons. The van der Waals surface area contributed by atoms with Crippen molar-refractivity contribution in [3.63, 3.8) is 0 Å². The molecule has 1 amide bonds. The van der Waals surface area contributed by atoms with Crippen molar-refractivity contribution in [1.82, 2.24) is 15.5 Å². The zero-order valence-corrected chi connectivity index (χ0v) is 16.6. The van der Waals surface area contributed by atoms with Crippen LogP contribution in [0.2, 0.25) is 0 Å². The number of nitrogens with one attached hydrogen (secondary N) is 2. The number of guanidine groups is 1. The second kappa shape index (κ2) is 10.5. The molecule has 1 fully saturated rings. The van der Waals surface area contributed by atoms with Gasteiger partial charge in [0.1, 0.15) is 5.76 Å². The lowest BCUT2D eigenvalue weighted by Gasteiger charge is -2.19. The average molecular weight is 383 g/mol. The Labute approximate surface area is 167 Å². The lowest BCUT2D eigenvalue weighted by Crippen LogP contribution is -2.45. The SMILES string of the molecule is CCC(=O)N1CCC(NC(=NCCc2ccco2)NCCc2ccccc2)C1. The molecule has 0 spiro atoms. The van der Waals surface area contributed by atoms with Crippen molar-refractivity contribution in [3.8, 4) is 0 Å². The van der Waals surface area contributed by atoms with E-state index in [2.05, 4.69) is 34.9 Å². The Morgan fingerprint density at radius 3 is 2.82 bits per heavy atom. The summed E-state index contributed by atoms with van der Waals surface area (Å²) >= 11 is 0. The number of nitrogens with zero attached hydrogens (tertiary/aromatic N) is 2. The summed E-state index contributed by atoms with van der Waals surface area (Å²) < 4.78 is 5.39. The van der Waals surface area contributed by atoms with Gasteiger partial charge in [-0.1, -0.05) is 37.3 Å². The quantitative estimate of drug-likeness (QED) is 0.544. The van der Waals surface area contributed by atoms with Gasteiger partial charge in [0.2, 0.25) is 5.91 Å². The molecule has 6 nitrogen and oxygen atoms in total. The topological polar surface area (TPSA) is 69.9 Å². The van der Waals surface area contributed by atoms with Crippen molar-refractivity contribution in [1.29, 1.82) is 0 Å². The Kier molecular flexibility index (Phi) is 7.53. The first kappa shape index (κ1) is 20.0. The molecule has 28 heavy (non-hydrogen) atoms. The van der Waals surface area contributed by atoms with Gasteiger partial charge in [-0.05, 0) is 30.5 Å². The fourth-order valence-corrected chi connectivity index (χ4v) is 3.38. The molecular weight excluding hydrogens is 352 g/mol. The number of likely N-dealkylation sites (tertiary alicyclic amines) is 1. The fraction of sp³-hybridized carbons (Fsp3) is 0.455. The summed E-state index contributed by atoms with van der Waals surface area (Å²) in [5, 5.41) is 6.94. The average Bonchev–Trinajstić information content (AvgIpc) is 3.40. The summed E-state index contributed by atoms with van der Waals surface area (Å²) in [4.78, 5) is 18.6. The van der Waals surface area contributed by atoms with Crippen LogP contribution >= 0.6 is 0 Å². The van der Waals surface area contributed by atoms with E-state index in [0.29, 0.717) is 13.0 Å².